The minimum Gasteiger partial charge on any atom is -0.334 e. The normalized spacial score (nSPS) is 12.6. The van der Waals surface area contributed by atoms with Crippen molar-refractivity contribution >= 4 is 0 Å². The van der Waals surface area contributed by atoms with E-state index in [0.29, 0.717) is 0 Å². The zero-order valence-electron chi connectivity index (χ0n) is 9.46. The highest BCUT2D eigenvalue weighted by Gasteiger charge is 2.17. The average Bonchev–Trinajstić information content (AvgIpc) is 2.80. The van der Waals surface area contributed by atoms with E-state index in [1.54, 1.807) is 24.8 Å². The number of aryl methyl sites for hydroxylation is 1. The Labute approximate surface area is 94.6 Å². The van der Waals surface area contributed by atoms with Crippen LogP contribution in [0.5, 0.6) is 0 Å². The summed E-state index contributed by atoms with van der Waals surface area (Å²) in [5, 5.41) is 3.21. The monoisotopic (exact) mass is 217 g/mol. The zero-order valence-corrected chi connectivity index (χ0v) is 9.46. The lowest BCUT2D eigenvalue weighted by Gasteiger charge is -2.15. The van der Waals surface area contributed by atoms with Crippen LogP contribution in [0.25, 0.3) is 0 Å². The van der Waals surface area contributed by atoms with Gasteiger partial charge in [-0.3, -0.25) is 9.97 Å². The van der Waals surface area contributed by atoms with Crippen molar-refractivity contribution in [3.05, 3.63) is 42.5 Å². The molecule has 2 aromatic rings. The van der Waals surface area contributed by atoms with Crippen LogP contribution in [-0.4, -0.2) is 26.6 Å². The molecule has 1 unspecified atom stereocenters. The second-order valence-corrected chi connectivity index (χ2v) is 3.42. The molecule has 0 aliphatic carbocycles. The summed E-state index contributed by atoms with van der Waals surface area (Å²) in [6.45, 7) is 2.99. The Morgan fingerprint density at radius 1 is 1.31 bits per heavy atom. The summed E-state index contributed by atoms with van der Waals surface area (Å²) in [5.41, 5.74) is 0.880. The first-order valence-corrected chi connectivity index (χ1v) is 5.31. The molecule has 16 heavy (non-hydrogen) atoms. The number of rotatable bonds is 4. The van der Waals surface area contributed by atoms with Crippen LogP contribution in [0.1, 0.15) is 24.5 Å². The molecule has 1 N–H and O–H groups in total. The summed E-state index contributed by atoms with van der Waals surface area (Å²) >= 11 is 0. The average molecular weight is 217 g/mol. The highest BCUT2D eigenvalue weighted by molar-refractivity contribution is 5.14. The minimum absolute atomic E-state index is 0.0105. The molecule has 0 aliphatic heterocycles. The molecule has 0 amide bonds. The van der Waals surface area contributed by atoms with Crippen molar-refractivity contribution in [2.24, 2.45) is 0 Å². The quantitative estimate of drug-likeness (QED) is 0.830. The summed E-state index contributed by atoms with van der Waals surface area (Å²) in [6, 6.07) is -0.0105. The van der Waals surface area contributed by atoms with Gasteiger partial charge in [0.2, 0.25) is 0 Å². The second kappa shape index (κ2) is 4.85. The van der Waals surface area contributed by atoms with E-state index in [2.05, 4.69) is 31.8 Å². The summed E-state index contributed by atoms with van der Waals surface area (Å²) in [5.74, 6) is 0.963. The van der Waals surface area contributed by atoms with Crippen LogP contribution in [0.3, 0.4) is 0 Å². The van der Waals surface area contributed by atoms with E-state index in [4.69, 9.17) is 0 Å². The van der Waals surface area contributed by atoms with E-state index >= 15 is 0 Å². The Morgan fingerprint density at radius 2 is 2.19 bits per heavy atom. The first-order chi connectivity index (χ1) is 7.86. The summed E-state index contributed by atoms with van der Waals surface area (Å²) < 4.78 is 2.09. The fraction of sp³-hybridized carbons (Fsp3) is 0.364. The third-order valence-corrected chi connectivity index (χ3v) is 2.51. The second-order valence-electron chi connectivity index (χ2n) is 3.42. The molecule has 2 aromatic heterocycles. The Bertz CT molecular complexity index is 437. The Morgan fingerprint density at radius 3 is 2.81 bits per heavy atom. The van der Waals surface area contributed by atoms with Crippen LogP contribution in [0.4, 0.5) is 0 Å². The highest BCUT2D eigenvalue weighted by Crippen LogP contribution is 2.17. The van der Waals surface area contributed by atoms with E-state index in [1.165, 1.54) is 0 Å². The van der Waals surface area contributed by atoms with Crippen LogP contribution in [-0.2, 0) is 6.54 Å². The van der Waals surface area contributed by atoms with Crippen LogP contribution in [0.2, 0.25) is 0 Å². The van der Waals surface area contributed by atoms with Crippen LogP contribution in [0, 0.1) is 0 Å². The number of nitrogens with one attached hydrogen (secondary N) is 1. The van der Waals surface area contributed by atoms with Crippen LogP contribution >= 0.6 is 0 Å². The van der Waals surface area contributed by atoms with Gasteiger partial charge in [-0.15, -0.1) is 0 Å². The van der Waals surface area contributed by atoms with Gasteiger partial charge in [0.25, 0.3) is 0 Å². The highest BCUT2D eigenvalue weighted by atomic mass is 15.1. The predicted octanol–water partition coefficient (Wildman–Crippen LogP) is 1.00. The van der Waals surface area contributed by atoms with Gasteiger partial charge >= 0.3 is 0 Å². The molecule has 0 aliphatic rings. The van der Waals surface area contributed by atoms with E-state index in [1.807, 2.05) is 13.2 Å². The molecule has 0 saturated heterocycles. The number of hydrogen-bond acceptors (Lipinski definition) is 4. The van der Waals surface area contributed by atoms with Crippen molar-refractivity contribution in [1.29, 1.82) is 0 Å². The zero-order chi connectivity index (χ0) is 11.4. The molecule has 0 aromatic carbocycles. The van der Waals surface area contributed by atoms with Gasteiger partial charge in [-0.05, 0) is 14.0 Å². The van der Waals surface area contributed by atoms with Gasteiger partial charge in [0.1, 0.15) is 11.9 Å². The molecule has 2 heterocycles. The first-order valence-electron chi connectivity index (χ1n) is 5.31. The number of aromatic nitrogens is 4. The van der Waals surface area contributed by atoms with E-state index in [0.717, 1.165) is 18.1 Å². The molecule has 0 bridgehead atoms. The van der Waals surface area contributed by atoms with Gasteiger partial charge in [-0.1, -0.05) is 0 Å². The third-order valence-electron chi connectivity index (χ3n) is 2.51. The largest absolute Gasteiger partial charge is 0.334 e. The molecular weight excluding hydrogens is 202 g/mol. The first kappa shape index (κ1) is 10.8. The summed E-state index contributed by atoms with van der Waals surface area (Å²) in [6.07, 6.45) is 8.90. The van der Waals surface area contributed by atoms with Crippen LogP contribution in [0.15, 0.2) is 31.0 Å². The van der Waals surface area contributed by atoms with Gasteiger partial charge in [0.05, 0.1) is 11.9 Å². The SMILES string of the molecule is CCn1ccnc1C(NC)c1cnccn1. The molecular formula is C11H15N5. The lowest BCUT2D eigenvalue weighted by molar-refractivity contribution is 0.577. The van der Waals surface area contributed by atoms with Gasteiger partial charge < -0.3 is 9.88 Å². The van der Waals surface area contributed by atoms with E-state index in [9.17, 15) is 0 Å². The minimum atomic E-state index is -0.0105. The maximum Gasteiger partial charge on any atom is 0.132 e. The maximum absolute atomic E-state index is 4.37. The van der Waals surface area contributed by atoms with Gasteiger partial charge in [-0.25, -0.2) is 4.98 Å². The van der Waals surface area contributed by atoms with Gasteiger partial charge in [0, 0.05) is 31.3 Å². The molecule has 0 fully saturated rings. The molecule has 5 heteroatoms. The third kappa shape index (κ3) is 1.94. The van der Waals surface area contributed by atoms with Crippen molar-refractivity contribution in [2.45, 2.75) is 19.5 Å². The van der Waals surface area contributed by atoms with Crippen LogP contribution < -0.4 is 5.32 Å². The lowest BCUT2D eigenvalue weighted by Crippen LogP contribution is -2.22. The van der Waals surface area contributed by atoms with Crippen molar-refractivity contribution in [3.8, 4) is 0 Å². The number of imidazole rings is 1. The smallest absolute Gasteiger partial charge is 0.132 e. The number of hydrogen-bond donors (Lipinski definition) is 1. The molecule has 1 atom stereocenters. The fourth-order valence-electron chi connectivity index (χ4n) is 1.72. The van der Waals surface area contributed by atoms with Gasteiger partial charge in [-0.2, -0.15) is 0 Å². The lowest BCUT2D eigenvalue weighted by atomic mass is 10.2. The summed E-state index contributed by atoms with van der Waals surface area (Å²) in [7, 11) is 1.90. The molecule has 0 saturated carbocycles. The molecule has 5 nitrogen and oxygen atoms in total. The molecule has 0 spiro atoms. The standard InChI is InChI=1S/C11H15N5/c1-3-16-7-6-15-11(16)10(12-2)9-8-13-4-5-14-9/h4-8,10,12H,3H2,1-2H3. The van der Waals surface area contributed by atoms with E-state index in [-0.39, 0.29) is 6.04 Å². The van der Waals surface area contributed by atoms with E-state index < -0.39 is 0 Å². The van der Waals surface area contributed by atoms with Crippen molar-refractivity contribution in [3.63, 3.8) is 0 Å². The molecule has 84 valence electrons. The molecule has 0 radical (unpaired) electrons. The van der Waals surface area contributed by atoms with Crippen molar-refractivity contribution < 1.29 is 0 Å². The van der Waals surface area contributed by atoms with Gasteiger partial charge in [0.15, 0.2) is 0 Å². The van der Waals surface area contributed by atoms with Crippen molar-refractivity contribution in [2.75, 3.05) is 7.05 Å². The molecule has 2 rings (SSSR count). The topological polar surface area (TPSA) is 55.6 Å². The fourth-order valence-corrected chi connectivity index (χ4v) is 1.72. The Balaban J connectivity index is 2.37. The maximum atomic E-state index is 4.37. The number of nitrogens with zero attached hydrogens (tertiary/aromatic N) is 4. The van der Waals surface area contributed by atoms with Crippen molar-refractivity contribution in [1.82, 2.24) is 24.8 Å². The Hall–Kier alpha value is -1.75. The summed E-state index contributed by atoms with van der Waals surface area (Å²) in [4.78, 5) is 12.7. The Kier molecular flexibility index (Phi) is 3.26. The predicted molar refractivity (Wildman–Crippen MR) is 60.8 cm³/mol.